The van der Waals surface area contributed by atoms with Crippen LogP contribution in [-0.2, 0) is 16.1 Å². The van der Waals surface area contributed by atoms with Crippen LogP contribution in [0.15, 0.2) is 41.9 Å². The number of rotatable bonds is 6. The summed E-state index contributed by atoms with van der Waals surface area (Å²) in [7, 11) is 3.18. The number of nitrogens with one attached hydrogen (secondary N) is 1. The van der Waals surface area contributed by atoms with Gasteiger partial charge in [-0.25, -0.2) is 0 Å². The minimum Gasteiger partial charge on any atom is -0.489 e. The molecule has 1 N–H and O–H groups in total. The zero-order chi connectivity index (χ0) is 18.2. The fourth-order valence-corrected chi connectivity index (χ4v) is 3.04. The van der Waals surface area contributed by atoms with Crippen LogP contribution in [0.4, 0.5) is 0 Å². The Morgan fingerprint density at radius 3 is 2.81 bits per heavy atom. The molecule has 1 aromatic rings. The Morgan fingerprint density at radius 1 is 1.42 bits per heavy atom. The summed E-state index contributed by atoms with van der Waals surface area (Å²) in [6.07, 6.45) is 1.72. The van der Waals surface area contributed by atoms with Gasteiger partial charge in [0.1, 0.15) is 12.4 Å². The summed E-state index contributed by atoms with van der Waals surface area (Å²) in [5.41, 5.74) is 1.04. The van der Waals surface area contributed by atoms with Gasteiger partial charge in [-0.05, 0) is 12.0 Å². The van der Waals surface area contributed by atoms with Crippen LogP contribution in [0.2, 0.25) is 0 Å². The normalized spacial score (nSPS) is 19.5. The van der Waals surface area contributed by atoms with Gasteiger partial charge in [-0.15, -0.1) is 24.0 Å². The Morgan fingerprint density at radius 2 is 2.15 bits per heavy atom. The van der Waals surface area contributed by atoms with Crippen molar-refractivity contribution in [3.63, 3.8) is 0 Å². The number of para-hydroxylation sites is 1. The standard InChI is InChI=1S/C19H27N3O3.HI/c1-5-10-25-17-9-7-6-8-15(17)11-21-19(20-3)22-12-14(2)16(13-22)18(23)24-4;/h5-9,14,16H,1,10-13H2,2-4H3,(H,20,21);1H. The minimum absolute atomic E-state index is 0. The number of ether oxygens (including phenoxy) is 2. The van der Waals surface area contributed by atoms with Crippen molar-refractivity contribution in [2.75, 3.05) is 33.9 Å². The van der Waals surface area contributed by atoms with Crippen molar-refractivity contribution in [3.8, 4) is 5.75 Å². The highest BCUT2D eigenvalue weighted by Gasteiger charge is 2.36. The molecule has 0 radical (unpaired) electrons. The number of carbonyl (C=O) groups is 1. The molecule has 1 fully saturated rings. The molecule has 26 heavy (non-hydrogen) atoms. The lowest BCUT2D eigenvalue weighted by atomic mass is 9.99. The van der Waals surface area contributed by atoms with Gasteiger partial charge in [-0.2, -0.15) is 0 Å². The zero-order valence-corrected chi connectivity index (χ0v) is 17.9. The van der Waals surface area contributed by atoms with Crippen molar-refractivity contribution >= 4 is 35.9 Å². The maximum Gasteiger partial charge on any atom is 0.310 e. The number of methoxy groups -OCH3 is 1. The van der Waals surface area contributed by atoms with Crippen LogP contribution >= 0.6 is 24.0 Å². The van der Waals surface area contributed by atoms with Crippen molar-refractivity contribution in [1.29, 1.82) is 0 Å². The van der Waals surface area contributed by atoms with Crippen molar-refractivity contribution in [3.05, 3.63) is 42.5 Å². The number of halogens is 1. The third-order valence-electron chi connectivity index (χ3n) is 4.39. The molecule has 2 rings (SSSR count). The predicted molar refractivity (Wildman–Crippen MR) is 114 cm³/mol. The largest absolute Gasteiger partial charge is 0.489 e. The van der Waals surface area contributed by atoms with Crippen molar-refractivity contribution < 1.29 is 14.3 Å². The topological polar surface area (TPSA) is 63.2 Å². The van der Waals surface area contributed by atoms with E-state index < -0.39 is 0 Å². The van der Waals surface area contributed by atoms with Crippen molar-refractivity contribution in [2.45, 2.75) is 13.5 Å². The molecule has 0 saturated carbocycles. The number of hydrogen-bond donors (Lipinski definition) is 1. The summed E-state index contributed by atoms with van der Waals surface area (Å²) < 4.78 is 10.6. The molecule has 6 nitrogen and oxygen atoms in total. The summed E-state index contributed by atoms with van der Waals surface area (Å²) in [6.45, 7) is 8.18. The molecule has 0 aromatic heterocycles. The smallest absolute Gasteiger partial charge is 0.310 e. The van der Waals surface area contributed by atoms with E-state index in [9.17, 15) is 4.79 Å². The molecule has 2 atom stereocenters. The van der Waals surface area contributed by atoms with E-state index in [0.29, 0.717) is 19.7 Å². The van der Waals surface area contributed by atoms with E-state index in [0.717, 1.165) is 23.8 Å². The highest BCUT2D eigenvalue weighted by molar-refractivity contribution is 14.0. The zero-order valence-electron chi connectivity index (χ0n) is 15.6. The third-order valence-corrected chi connectivity index (χ3v) is 4.39. The highest BCUT2D eigenvalue weighted by Crippen LogP contribution is 2.24. The molecule has 2 unspecified atom stereocenters. The lowest BCUT2D eigenvalue weighted by molar-refractivity contribution is -0.145. The van der Waals surface area contributed by atoms with E-state index in [4.69, 9.17) is 9.47 Å². The van der Waals surface area contributed by atoms with Gasteiger partial charge in [-0.1, -0.05) is 37.8 Å². The number of carbonyl (C=O) groups excluding carboxylic acids is 1. The summed E-state index contributed by atoms with van der Waals surface area (Å²) in [6, 6.07) is 7.88. The SMILES string of the molecule is C=CCOc1ccccc1CNC(=NC)N1CC(C)C(C(=O)OC)C1.I. The molecule has 0 aliphatic carbocycles. The molecule has 0 spiro atoms. The first-order valence-corrected chi connectivity index (χ1v) is 8.45. The number of guanidine groups is 1. The van der Waals surface area contributed by atoms with Crippen molar-refractivity contribution in [1.82, 2.24) is 10.2 Å². The Kier molecular flexibility index (Phi) is 9.47. The summed E-state index contributed by atoms with van der Waals surface area (Å²) >= 11 is 0. The average molecular weight is 473 g/mol. The van der Waals surface area contributed by atoms with Crippen LogP contribution in [0, 0.1) is 11.8 Å². The predicted octanol–water partition coefficient (Wildman–Crippen LogP) is 2.69. The molecule has 7 heteroatoms. The average Bonchev–Trinajstić information content (AvgIpc) is 3.02. The van der Waals surface area contributed by atoms with Gasteiger partial charge in [0, 0.05) is 32.2 Å². The van der Waals surface area contributed by atoms with Crippen LogP contribution in [0.3, 0.4) is 0 Å². The molecule has 1 saturated heterocycles. The molecule has 0 bridgehead atoms. The number of esters is 1. The van der Waals surface area contributed by atoms with Crippen LogP contribution < -0.4 is 10.1 Å². The summed E-state index contributed by atoms with van der Waals surface area (Å²) in [5, 5.41) is 3.36. The Hall–Kier alpha value is -1.77. The van der Waals surface area contributed by atoms with Gasteiger partial charge in [0.15, 0.2) is 5.96 Å². The Balaban J connectivity index is 0.00000338. The molecule has 1 aliphatic heterocycles. The Bertz CT molecular complexity index is 636. The van der Waals surface area contributed by atoms with Gasteiger partial charge in [0.25, 0.3) is 0 Å². The third kappa shape index (κ3) is 5.62. The first-order valence-electron chi connectivity index (χ1n) is 8.45. The molecule has 144 valence electrons. The van der Waals surface area contributed by atoms with Gasteiger partial charge >= 0.3 is 5.97 Å². The monoisotopic (exact) mass is 473 g/mol. The molecular weight excluding hydrogens is 445 g/mol. The second-order valence-corrected chi connectivity index (χ2v) is 6.12. The molecule has 0 amide bonds. The summed E-state index contributed by atoms with van der Waals surface area (Å²) in [5.74, 6) is 1.55. The van der Waals surface area contributed by atoms with E-state index in [1.165, 1.54) is 7.11 Å². The first-order chi connectivity index (χ1) is 12.1. The lowest BCUT2D eigenvalue weighted by Crippen LogP contribution is -2.40. The number of aliphatic imine (C=N–C) groups is 1. The summed E-state index contributed by atoms with van der Waals surface area (Å²) in [4.78, 5) is 18.3. The number of likely N-dealkylation sites (tertiary alicyclic amines) is 1. The van der Waals surface area contributed by atoms with E-state index in [2.05, 4.69) is 28.7 Å². The molecular formula is C19H28IN3O3. The van der Waals surface area contributed by atoms with Crippen LogP contribution in [0.5, 0.6) is 5.75 Å². The number of hydrogen-bond acceptors (Lipinski definition) is 4. The molecule has 1 aromatic carbocycles. The maximum atomic E-state index is 11.9. The quantitative estimate of drug-likeness (QED) is 0.226. The van der Waals surface area contributed by atoms with E-state index in [-0.39, 0.29) is 41.8 Å². The van der Waals surface area contributed by atoms with Gasteiger partial charge in [0.05, 0.1) is 13.0 Å². The highest BCUT2D eigenvalue weighted by atomic mass is 127. The first kappa shape index (κ1) is 22.3. The maximum absolute atomic E-state index is 11.9. The van der Waals surface area contributed by atoms with Crippen LogP contribution in [0.1, 0.15) is 12.5 Å². The van der Waals surface area contributed by atoms with Gasteiger partial charge in [0.2, 0.25) is 0 Å². The fourth-order valence-electron chi connectivity index (χ4n) is 3.04. The van der Waals surface area contributed by atoms with Gasteiger partial charge in [-0.3, -0.25) is 9.79 Å². The minimum atomic E-state index is -0.159. The van der Waals surface area contributed by atoms with Crippen LogP contribution in [0.25, 0.3) is 0 Å². The molecule has 1 heterocycles. The number of nitrogens with zero attached hydrogens (tertiary/aromatic N) is 2. The lowest BCUT2D eigenvalue weighted by Gasteiger charge is -2.22. The fraction of sp³-hybridized carbons (Fsp3) is 0.474. The van der Waals surface area contributed by atoms with Gasteiger partial charge < -0.3 is 19.7 Å². The van der Waals surface area contributed by atoms with Crippen LogP contribution in [-0.4, -0.2) is 50.7 Å². The van der Waals surface area contributed by atoms with Crippen molar-refractivity contribution in [2.24, 2.45) is 16.8 Å². The second kappa shape index (κ2) is 11.1. The number of benzene rings is 1. The van der Waals surface area contributed by atoms with E-state index >= 15 is 0 Å². The molecule has 1 aliphatic rings. The second-order valence-electron chi connectivity index (χ2n) is 6.12. The van der Waals surface area contributed by atoms with E-state index in [1.807, 2.05) is 24.3 Å². The van der Waals surface area contributed by atoms with E-state index in [1.54, 1.807) is 13.1 Å². The Labute approximate surface area is 172 Å².